The lowest BCUT2D eigenvalue weighted by Crippen LogP contribution is -2.43. The van der Waals surface area contributed by atoms with Crippen LogP contribution in [0.5, 0.6) is 0 Å². The topological polar surface area (TPSA) is 53.4 Å². The van der Waals surface area contributed by atoms with Gasteiger partial charge in [0.15, 0.2) is 0 Å². The fourth-order valence-electron chi connectivity index (χ4n) is 2.78. The van der Waals surface area contributed by atoms with Crippen LogP contribution in [0.3, 0.4) is 0 Å². The Labute approximate surface area is 112 Å². The second-order valence-electron chi connectivity index (χ2n) is 5.07. The normalized spacial score (nSPS) is 24.4. The Hall–Kier alpha value is -0.940. The third-order valence-electron chi connectivity index (χ3n) is 3.69. The molecule has 5 heteroatoms. The molecule has 2 unspecified atom stereocenters. The minimum absolute atomic E-state index is 0.151. The number of nitrogens with zero attached hydrogens (tertiary/aromatic N) is 2. The quantitative estimate of drug-likeness (QED) is 0.911. The molecule has 2 atom stereocenters. The van der Waals surface area contributed by atoms with Crippen LogP contribution in [-0.2, 0) is 11.3 Å². The molecule has 0 bridgehead atoms. The van der Waals surface area contributed by atoms with Crippen molar-refractivity contribution < 1.29 is 9.90 Å². The van der Waals surface area contributed by atoms with Gasteiger partial charge >= 0.3 is 5.97 Å². The van der Waals surface area contributed by atoms with Crippen LogP contribution in [0.1, 0.15) is 36.4 Å². The SMILES string of the molecule is Cc1nc(CN(C)C2CCCCC2C(=O)O)cs1. The van der Waals surface area contributed by atoms with Crippen molar-refractivity contribution in [2.45, 2.75) is 45.2 Å². The highest BCUT2D eigenvalue weighted by Crippen LogP contribution is 2.29. The van der Waals surface area contributed by atoms with E-state index in [9.17, 15) is 9.90 Å². The molecule has 0 aliphatic heterocycles. The summed E-state index contributed by atoms with van der Waals surface area (Å²) in [6, 6.07) is 0.151. The Bertz CT molecular complexity index is 419. The molecule has 100 valence electrons. The van der Waals surface area contributed by atoms with Crippen molar-refractivity contribution in [2.75, 3.05) is 7.05 Å². The maximum absolute atomic E-state index is 11.3. The van der Waals surface area contributed by atoms with Gasteiger partial charge in [-0.05, 0) is 26.8 Å². The Morgan fingerprint density at radius 1 is 1.56 bits per heavy atom. The third kappa shape index (κ3) is 3.09. The summed E-state index contributed by atoms with van der Waals surface area (Å²) in [6.45, 7) is 2.74. The van der Waals surface area contributed by atoms with E-state index < -0.39 is 5.97 Å². The third-order valence-corrected chi connectivity index (χ3v) is 4.51. The second kappa shape index (κ2) is 5.80. The van der Waals surface area contributed by atoms with Crippen LogP contribution in [0.2, 0.25) is 0 Å². The second-order valence-corrected chi connectivity index (χ2v) is 6.13. The summed E-state index contributed by atoms with van der Waals surface area (Å²) in [6.07, 6.45) is 3.96. The van der Waals surface area contributed by atoms with Crippen LogP contribution in [0.15, 0.2) is 5.38 Å². The van der Waals surface area contributed by atoms with Gasteiger partial charge in [-0.3, -0.25) is 9.69 Å². The van der Waals surface area contributed by atoms with E-state index in [1.165, 1.54) is 0 Å². The average Bonchev–Trinajstić information content (AvgIpc) is 2.74. The maximum Gasteiger partial charge on any atom is 0.308 e. The molecule has 4 nitrogen and oxygen atoms in total. The summed E-state index contributed by atoms with van der Waals surface area (Å²) in [4.78, 5) is 17.9. The molecule has 0 aromatic carbocycles. The molecule has 1 aromatic rings. The zero-order chi connectivity index (χ0) is 13.1. The summed E-state index contributed by atoms with van der Waals surface area (Å²) in [5, 5.41) is 12.4. The number of rotatable bonds is 4. The van der Waals surface area contributed by atoms with Gasteiger partial charge in [0.25, 0.3) is 0 Å². The van der Waals surface area contributed by atoms with Crippen molar-refractivity contribution in [1.82, 2.24) is 9.88 Å². The molecule has 1 saturated carbocycles. The van der Waals surface area contributed by atoms with E-state index in [1.807, 2.05) is 14.0 Å². The van der Waals surface area contributed by atoms with E-state index in [0.717, 1.165) is 42.9 Å². The Morgan fingerprint density at radius 3 is 2.89 bits per heavy atom. The molecule has 1 aromatic heterocycles. The highest BCUT2D eigenvalue weighted by atomic mass is 32.1. The summed E-state index contributed by atoms with van der Waals surface area (Å²) in [5.41, 5.74) is 1.05. The van der Waals surface area contributed by atoms with Gasteiger partial charge in [-0.15, -0.1) is 11.3 Å². The highest BCUT2D eigenvalue weighted by molar-refractivity contribution is 7.09. The minimum Gasteiger partial charge on any atom is -0.481 e. The first-order valence-corrected chi connectivity index (χ1v) is 7.30. The van der Waals surface area contributed by atoms with Crippen LogP contribution in [0.4, 0.5) is 0 Å². The van der Waals surface area contributed by atoms with Crippen LogP contribution >= 0.6 is 11.3 Å². The number of hydrogen-bond donors (Lipinski definition) is 1. The average molecular weight is 268 g/mol. The van der Waals surface area contributed by atoms with Crippen molar-refractivity contribution in [3.63, 3.8) is 0 Å². The lowest BCUT2D eigenvalue weighted by molar-refractivity contribution is -0.145. The molecule has 1 N–H and O–H groups in total. The molecule has 0 radical (unpaired) electrons. The van der Waals surface area contributed by atoms with Gasteiger partial charge in [-0.25, -0.2) is 4.98 Å². The van der Waals surface area contributed by atoms with Crippen LogP contribution < -0.4 is 0 Å². The number of carboxylic acids is 1. The zero-order valence-corrected chi connectivity index (χ0v) is 11.7. The first kappa shape index (κ1) is 13.5. The standard InChI is InChI=1S/C13H20N2O2S/c1-9-14-10(8-18-9)7-15(2)12-6-4-3-5-11(12)13(16)17/h8,11-12H,3-7H2,1-2H3,(H,16,17). The van der Waals surface area contributed by atoms with Gasteiger partial charge in [0, 0.05) is 18.0 Å². The van der Waals surface area contributed by atoms with Crippen molar-refractivity contribution in [3.8, 4) is 0 Å². The predicted molar refractivity (Wildman–Crippen MR) is 71.7 cm³/mol. The fourth-order valence-corrected chi connectivity index (χ4v) is 3.38. The number of carbonyl (C=O) groups is 1. The van der Waals surface area contributed by atoms with Crippen LogP contribution in [-0.4, -0.2) is 34.0 Å². The van der Waals surface area contributed by atoms with E-state index in [4.69, 9.17) is 0 Å². The summed E-state index contributed by atoms with van der Waals surface area (Å²) in [5.74, 6) is -0.871. The number of thiazole rings is 1. The van der Waals surface area contributed by atoms with Gasteiger partial charge in [-0.1, -0.05) is 12.8 Å². The molecule has 1 aliphatic carbocycles. The lowest BCUT2D eigenvalue weighted by atomic mass is 9.83. The van der Waals surface area contributed by atoms with Gasteiger partial charge in [0.05, 0.1) is 16.6 Å². The smallest absolute Gasteiger partial charge is 0.308 e. The van der Waals surface area contributed by atoms with E-state index in [0.29, 0.717) is 0 Å². The Morgan fingerprint density at radius 2 is 2.28 bits per heavy atom. The molecule has 0 amide bonds. The van der Waals surface area contributed by atoms with Gasteiger partial charge < -0.3 is 5.11 Å². The maximum atomic E-state index is 11.3. The number of hydrogen-bond acceptors (Lipinski definition) is 4. The van der Waals surface area contributed by atoms with Gasteiger partial charge in [-0.2, -0.15) is 0 Å². The molecule has 1 heterocycles. The van der Waals surface area contributed by atoms with Crippen molar-refractivity contribution in [2.24, 2.45) is 5.92 Å². The first-order chi connectivity index (χ1) is 8.58. The number of carboxylic acid groups (broad SMARTS) is 1. The van der Waals surface area contributed by atoms with Crippen molar-refractivity contribution in [3.05, 3.63) is 16.1 Å². The molecule has 1 fully saturated rings. The molecule has 18 heavy (non-hydrogen) atoms. The Balaban J connectivity index is 2.01. The predicted octanol–water partition coefficient (Wildman–Crippen LogP) is 2.53. The van der Waals surface area contributed by atoms with Crippen LogP contribution in [0.25, 0.3) is 0 Å². The summed E-state index contributed by atoms with van der Waals surface area (Å²) in [7, 11) is 2.01. The number of aryl methyl sites for hydroxylation is 1. The van der Waals surface area contributed by atoms with Crippen LogP contribution in [0, 0.1) is 12.8 Å². The van der Waals surface area contributed by atoms with Gasteiger partial charge in [0.2, 0.25) is 0 Å². The first-order valence-electron chi connectivity index (χ1n) is 6.42. The van der Waals surface area contributed by atoms with Crippen molar-refractivity contribution >= 4 is 17.3 Å². The molecule has 1 aliphatic rings. The molecule has 0 saturated heterocycles. The monoisotopic (exact) mass is 268 g/mol. The molecule has 0 spiro atoms. The van der Waals surface area contributed by atoms with Gasteiger partial charge in [0.1, 0.15) is 0 Å². The summed E-state index contributed by atoms with van der Waals surface area (Å²) < 4.78 is 0. The zero-order valence-electron chi connectivity index (χ0n) is 10.9. The van der Waals surface area contributed by atoms with E-state index in [1.54, 1.807) is 11.3 Å². The highest BCUT2D eigenvalue weighted by Gasteiger charge is 2.33. The number of aromatic nitrogens is 1. The van der Waals surface area contributed by atoms with E-state index in [-0.39, 0.29) is 12.0 Å². The molecule has 2 rings (SSSR count). The largest absolute Gasteiger partial charge is 0.481 e. The van der Waals surface area contributed by atoms with Crippen molar-refractivity contribution in [1.29, 1.82) is 0 Å². The van der Waals surface area contributed by atoms with E-state index >= 15 is 0 Å². The summed E-state index contributed by atoms with van der Waals surface area (Å²) >= 11 is 1.65. The molecular weight excluding hydrogens is 248 g/mol. The number of aliphatic carboxylic acids is 1. The molecular formula is C13H20N2O2S. The Kier molecular flexibility index (Phi) is 4.35. The lowest BCUT2D eigenvalue weighted by Gasteiger charge is -2.35. The van der Waals surface area contributed by atoms with E-state index in [2.05, 4.69) is 15.3 Å². The minimum atomic E-state index is -0.652. The fraction of sp³-hybridized carbons (Fsp3) is 0.692.